The molecule has 0 amide bonds. The van der Waals surface area contributed by atoms with Gasteiger partial charge in [-0.1, -0.05) is 36.4 Å². The van der Waals surface area contributed by atoms with Crippen LogP contribution in [-0.4, -0.2) is 41.9 Å². The summed E-state index contributed by atoms with van der Waals surface area (Å²) in [6.07, 6.45) is 1.10. The molecular formula is C24H30N6. The highest BCUT2D eigenvalue weighted by Gasteiger charge is 2.23. The van der Waals surface area contributed by atoms with Gasteiger partial charge in [-0.15, -0.1) is 0 Å². The Bertz CT molecular complexity index is 1010. The third-order valence-corrected chi connectivity index (χ3v) is 5.55. The molecule has 3 aromatic rings. The first-order valence-electron chi connectivity index (χ1n) is 10.5. The minimum Gasteiger partial charge on any atom is -0.369 e. The fraction of sp³-hybridized carbons (Fsp3) is 0.333. The fourth-order valence-corrected chi connectivity index (χ4v) is 4.06. The number of hydrogen-bond donors (Lipinski definition) is 2. The zero-order valence-electron chi connectivity index (χ0n) is 18.0. The van der Waals surface area contributed by atoms with Gasteiger partial charge in [0.15, 0.2) is 5.96 Å². The van der Waals surface area contributed by atoms with Crippen LogP contribution in [0.2, 0.25) is 0 Å². The van der Waals surface area contributed by atoms with Crippen LogP contribution >= 0.6 is 0 Å². The van der Waals surface area contributed by atoms with Crippen molar-refractivity contribution in [1.29, 1.82) is 0 Å². The van der Waals surface area contributed by atoms with Gasteiger partial charge in [0.25, 0.3) is 0 Å². The number of nitrogens with zero attached hydrogens (tertiary/aromatic N) is 4. The summed E-state index contributed by atoms with van der Waals surface area (Å²) in [5, 5.41) is 11.7. The van der Waals surface area contributed by atoms with Crippen molar-refractivity contribution in [3.63, 3.8) is 0 Å². The van der Waals surface area contributed by atoms with Crippen LogP contribution in [0, 0.1) is 13.8 Å². The van der Waals surface area contributed by atoms with E-state index in [-0.39, 0.29) is 0 Å². The standard InChI is InChI=1S/C24H30N6/c1-18-15-19(2)30(28-18)23-12-8-7-9-20(23)16-26-24(25-3)27-21-13-14-29(17-21)22-10-5-4-6-11-22/h4-12,15,21H,13-14,16-17H2,1-3H3,(H2,25,26,27). The Hall–Kier alpha value is -3.28. The summed E-state index contributed by atoms with van der Waals surface area (Å²) in [7, 11) is 1.83. The molecule has 6 heteroatoms. The van der Waals surface area contributed by atoms with Crippen LogP contribution in [0.15, 0.2) is 65.7 Å². The predicted molar refractivity (Wildman–Crippen MR) is 123 cm³/mol. The largest absolute Gasteiger partial charge is 0.369 e. The minimum absolute atomic E-state index is 0.377. The number of nitrogens with one attached hydrogen (secondary N) is 2. The van der Waals surface area contributed by atoms with Crippen molar-refractivity contribution in [3.8, 4) is 5.69 Å². The zero-order chi connectivity index (χ0) is 20.9. The molecule has 1 unspecified atom stereocenters. The van der Waals surface area contributed by atoms with Gasteiger partial charge in [-0.25, -0.2) is 4.68 Å². The van der Waals surface area contributed by atoms with E-state index in [1.807, 2.05) is 18.7 Å². The van der Waals surface area contributed by atoms with Crippen molar-refractivity contribution in [1.82, 2.24) is 20.4 Å². The fourth-order valence-electron chi connectivity index (χ4n) is 4.06. The van der Waals surface area contributed by atoms with Crippen LogP contribution < -0.4 is 15.5 Å². The Labute approximate surface area is 178 Å². The number of aliphatic imine (C=N–C) groups is 1. The molecule has 1 aliphatic rings. The average molecular weight is 403 g/mol. The summed E-state index contributed by atoms with van der Waals surface area (Å²) >= 11 is 0. The van der Waals surface area contributed by atoms with Gasteiger partial charge in [0.2, 0.25) is 0 Å². The average Bonchev–Trinajstić information content (AvgIpc) is 3.37. The summed E-state index contributed by atoms with van der Waals surface area (Å²) in [6.45, 7) is 6.83. The summed E-state index contributed by atoms with van der Waals surface area (Å²) in [5.74, 6) is 0.832. The molecule has 1 atom stereocenters. The highest BCUT2D eigenvalue weighted by Crippen LogP contribution is 2.20. The highest BCUT2D eigenvalue weighted by atomic mass is 15.3. The molecule has 0 saturated carbocycles. The lowest BCUT2D eigenvalue weighted by Gasteiger charge is -2.20. The first kappa shape index (κ1) is 20.0. The van der Waals surface area contributed by atoms with E-state index in [4.69, 9.17) is 0 Å². The second-order valence-electron chi connectivity index (χ2n) is 7.80. The van der Waals surface area contributed by atoms with Gasteiger partial charge in [0.1, 0.15) is 0 Å². The molecular weight excluding hydrogens is 372 g/mol. The molecule has 4 rings (SSSR count). The van der Waals surface area contributed by atoms with E-state index in [0.717, 1.165) is 42.5 Å². The van der Waals surface area contributed by atoms with E-state index in [1.165, 1.54) is 11.3 Å². The molecule has 2 N–H and O–H groups in total. The Morgan fingerprint density at radius 2 is 1.87 bits per heavy atom. The van der Waals surface area contributed by atoms with Gasteiger partial charge in [-0.05, 0) is 50.1 Å². The summed E-state index contributed by atoms with van der Waals surface area (Å²) in [4.78, 5) is 6.86. The maximum Gasteiger partial charge on any atom is 0.191 e. The molecule has 0 bridgehead atoms. The topological polar surface area (TPSA) is 57.5 Å². The molecule has 1 fully saturated rings. The molecule has 0 aliphatic carbocycles. The summed E-state index contributed by atoms with van der Waals surface area (Å²) in [6, 6.07) is 21.4. The Morgan fingerprint density at radius 3 is 2.60 bits per heavy atom. The molecule has 30 heavy (non-hydrogen) atoms. The number of aryl methyl sites for hydroxylation is 2. The van der Waals surface area contributed by atoms with Gasteiger partial charge in [0.05, 0.1) is 11.4 Å². The van der Waals surface area contributed by atoms with E-state index in [9.17, 15) is 0 Å². The van der Waals surface area contributed by atoms with Crippen LogP contribution in [0.3, 0.4) is 0 Å². The summed E-state index contributed by atoms with van der Waals surface area (Å²) < 4.78 is 2.01. The lowest BCUT2D eigenvalue weighted by atomic mass is 10.1. The zero-order valence-corrected chi connectivity index (χ0v) is 18.0. The third kappa shape index (κ3) is 4.48. The lowest BCUT2D eigenvalue weighted by molar-refractivity contribution is 0.648. The number of guanidine groups is 1. The van der Waals surface area contributed by atoms with Gasteiger partial charge in [0, 0.05) is 44.1 Å². The summed E-state index contributed by atoms with van der Waals surface area (Å²) in [5.41, 5.74) is 5.72. The first-order valence-corrected chi connectivity index (χ1v) is 10.5. The van der Waals surface area contributed by atoms with Crippen molar-refractivity contribution in [2.45, 2.75) is 32.9 Å². The smallest absolute Gasteiger partial charge is 0.191 e. The van der Waals surface area contributed by atoms with Crippen LogP contribution in [0.5, 0.6) is 0 Å². The molecule has 1 saturated heterocycles. The van der Waals surface area contributed by atoms with Crippen LogP contribution in [0.25, 0.3) is 5.69 Å². The molecule has 0 radical (unpaired) electrons. The number of para-hydroxylation sites is 2. The third-order valence-electron chi connectivity index (χ3n) is 5.55. The van der Waals surface area contributed by atoms with Crippen LogP contribution in [-0.2, 0) is 6.54 Å². The normalized spacial score (nSPS) is 16.7. The number of aromatic nitrogens is 2. The first-order chi connectivity index (χ1) is 14.6. The monoisotopic (exact) mass is 402 g/mol. The van der Waals surface area contributed by atoms with Gasteiger partial charge < -0.3 is 15.5 Å². The maximum absolute atomic E-state index is 4.65. The SMILES string of the molecule is CN=C(NCc1ccccc1-n1nc(C)cc1C)NC1CCN(c2ccccc2)C1. The second kappa shape index (κ2) is 9.03. The van der Waals surface area contributed by atoms with E-state index < -0.39 is 0 Å². The Balaban J connectivity index is 1.39. The molecule has 6 nitrogen and oxygen atoms in total. The molecule has 2 aromatic carbocycles. The van der Waals surface area contributed by atoms with Crippen LogP contribution in [0.1, 0.15) is 23.4 Å². The molecule has 0 spiro atoms. The maximum atomic E-state index is 4.65. The van der Waals surface area contributed by atoms with Crippen molar-refractivity contribution in [3.05, 3.63) is 77.6 Å². The van der Waals surface area contributed by atoms with Crippen molar-refractivity contribution in [2.24, 2.45) is 4.99 Å². The van der Waals surface area contributed by atoms with Crippen molar-refractivity contribution in [2.75, 3.05) is 25.0 Å². The van der Waals surface area contributed by atoms with E-state index in [1.54, 1.807) is 0 Å². The lowest BCUT2D eigenvalue weighted by Crippen LogP contribution is -2.44. The minimum atomic E-state index is 0.377. The number of anilines is 1. The van der Waals surface area contributed by atoms with Gasteiger partial charge in [-0.3, -0.25) is 4.99 Å². The Kier molecular flexibility index (Phi) is 6.02. The van der Waals surface area contributed by atoms with Gasteiger partial charge >= 0.3 is 0 Å². The highest BCUT2D eigenvalue weighted by molar-refractivity contribution is 5.80. The van der Waals surface area contributed by atoms with E-state index in [2.05, 4.69) is 93.2 Å². The quantitative estimate of drug-likeness (QED) is 0.507. The number of benzene rings is 2. The van der Waals surface area contributed by atoms with Crippen molar-refractivity contribution < 1.29 is 0 Å². The van der Waals surface area contributed by atoms with Gasteiger partial charge in [-0.2, -0.15) is 5.10 Å². The molecule has 2 heterocycles. The number of hydrogen-bond acceptors (Lipinski definition) is 3. The van der Waals surface area contributed by atoms with E-state index in [0.29, 0.717) is 12.6 Å². The van der Waals surface area contributed by atoms with Crippen LogP contribution in [0.4, 0.5) is 5.69 Å². The molecule has 156 valence electrons. The number of rotatable bonds is 5. The molecule has 1 aromatic heterocycles. The second-order valence-corrected chi connectivity index (χ2v) is 7.80. The Morgan fingerprint density at radius 1 is 1.10 bits per heavy atom. The van der Waals surface area contributed by atoms with Crippen molar-refractivity contribution >= 4 is 11.6 Å². The predicted octanol–water partition coefficient (Wildman–Crippen LogP) is 3.43. The molecule has 1 aliphatic heterocycles. The van der Waals surface area contributed by atoms with E-state index >= 15 is 0 Å².